The van der Waals surface area contributed by atoms with Crippen molar-refractivity contribution in [3.8, 4) is 5.75 Å². The molecule has 0 spiro atoms. The summed E-state index contributed by atoms with van der Waals surface area (Å²) < 4.78 is 0. The number of likely N-dealkylation sites (tertiary alicyclic amines) is 1. The molecule has 2 atom stereocenters. The Bertz CT molecular complexity index is 930. The van der Waals surface area contributed by atoms with E-state index in [9.17, 15) is 9.90 Å². The fourth-order valence-corrected chi connectivity index (χ4v) is 5.79. The van der Waals surface area contributed by atoms with Crippen LogP contribution in [-0.4, -0.2) is 58.5 Å². The Morgan fingerprint density at radius 2 is 2.07 bits per heavy atom. The van der Waals surface area contributed by atoms with Gasteiger partial charge in [-0.25, -0.2) is 0 Å². The number of carbonyl (C=O) groups is 1. The predicted octanol–water partition coefficient (Wildman–Crippen LogP) is 3.89. The third-order valence-corrected chi connectivity index (χ3v) is 7.68. The van der Waals surface area contributed by atoms with Crippen LogP contribution >= 0.6 is 0 Å². The molecular weight excluding hydrogens is 374 g/mol. The third-order valence-electron chi connectivity index (χ3n) is 7.68. The Balaban J connectivity index is 1.77. The maximum absolute atomic E-state index is 13.1. The first kappa shape index (κ1) is 21.0. The number of carbonyl (C=O) groups excluding carboxylic acids is 1. The summed E-state index contributed by atoms with van der Waals surface area (Å²) in [5.74, 6) is 0.923. The molecule has 4 rings (SSSR count). The van der Waals surface area contributed by atoms with Crippen molar-refractivity contribution in [1.29, 1.82) is 0 Å². The van der Waals surface area contributed by atoms with Gasteiger partial charge in [0.1, 0.15) is 11.4 Å². The molecule has 1 aromatic heterocycles. The smallest absolute Gasteiger partial charge is 0.270 e. The number of hydrogen-bond donors (Lipinski definition) is 2. The lowest BCUT2D eigenvalue weighted by atomic mass is 9.58. The number of nitrogens with one attached hydrogen (secondary N) is 1. The number of phenolic OH excluding ortho intramolecular Hbond substituents is 1. The molecule has 1 aromatic carbocycles. The van der Waals surface area contributed by atoms with Gasteiger partial charge in [0.2, 0.25) is 0 Å². The molecule has 162 valence electrons. The van der Waals surface area contributed by atoms with Gasteiger partial charge in [0, 0.05) is 30.7 Å². The van der Waals surface area contributed by atoms with Gasteiger partial charge in [0.25, 0.3) is 5.91 Å². The summed E-state index contributed by atoms with van der Waals surface area (Å²) in [5.41, 5.74) is 5.68. The molecule has 1 saturated heterocycles. The normalized spacial score (nSPS) is 23.7. The highest BCUT2D eigenvalue weighted by Crippen LogP contribution is 2.49. The number of phenols is 1. The second-order valence-electron chi connectivity index (χ2n) is 8.99. The third kappa shape index (κ3) is 3.33. The lowest BCUT2D eigenvalue weighted by molar-refractivity contribution is 0.0766. The van der Waals surface area contributed by atoms with Crippen LogP contribution in [-0.2, 0) is 18.3 Å². The van der Waals surface area contributed by atoms with E-state index < -0.39 is 0 Å². The van der Waals surface area contributed by atoms with Crippen LogP contribution in [0.15, 0.2) is 24.3 Å². The van der Waals surface area contributed by atoms with E-state index in [0.717, 1.165) is 63.2 Å². The zero-order chi connectivity index (χ0) is 21.5. The Morgan fingerprint density at radius 1 is 1.30 bits per heavy atom. The fourth-order valence-electron chi connectivity index (χ4n) is 5.79. The first-order chi connectivity index (χ1) is 14.4. The number of aromatic amines is 1. The highest BCUT2D eigenvalue weighted by Gasteiger charge is 2.48. The first-order valence-electron chi connectivity index (χ1n) is 11.4. The lowest BCUT2D eigenvalue weighted by Gasteiger charge is -2.51. The number of piperidine rings is 1. The lowest BCUT2D eigenvalue weighted by Crippen LogP contribution is -2.53. The van der Waals surface area contributed by atoms with Crippen molar-refractivity contribution in [2.24, 2.45) is 5.92 Å². The highest BCUT2D eigenvalue weighted by atomic mass is 16.3. The second-order valence-corrected chi connectivity index (χ2v) is 8.99. The Hall–Kier alpha value is -2.27. The highest BCUT2D eigenvalue weighted by molar-refractivity contribution is 5.94. The molecule has 1 amide bonds. The number of amides is 1. The molecule has 2 aliphatic rings. The Morgan fingerprint density at radius 3 is 2.73 bits per heavy atom. The molecular formula is C25H35N3O2. The molecule has 1 fully saturated rings. The summed E-state index contributed by atoms with van der Waals surface area (Å²) in [7, 11) is 0. The number of rotatable bonds is 5. The van der Waals surface area contributed by atoms with E-state index >= 15 is 0 Å². The van der Waals surface area contributed by atoms with E-state index in [1.54, 1.807) is 6.07 Å². The minimum absolute atomic E-state index is 0.00419. The van der Waals surface area contributed by atoms with Crippen molar-refractivity contribution >= 4 is 5.91 Å². The molecule has 5 heteroatoms. The van der Waals surface area contributed by atoms with Crippen LogP contribution in [0.2, 0.25) is 0 Å². The van der Waals surface area contributed by atoms with Crippen LogP contribution in [0.4, 0.5) is 0 Å². The van der Waals surface area contributed by atoms with E-state index in [-0.39, 0.29) is 11.3 Å². The summed E-state index contributed by atoms with van der Waals surface area (Å²) in [6, 6.07) is 7.85. The zero-order valence-electron chi connectivity index (χ0n) is 18.8. The standard InChI is InChI=1S/C25H35N3O2/c1-5-27-12-11-25(18-9-8-10-20(29)13-18)15-22-21(14-19(25)16-27)17(4)23(26-22)24(30)28(6-2)7-3/h8-10,13,19,26,29H,5-7,11-12,14-16H2,1-4H3/t19-,25-/m1/s1. The fraction of sp³-hybridized carbons (Fsp3) is 0.560. The van der Waals surface area contributed by atoms with Gasteiger partial charge in [-0.15, -0.1) is 0 Å². The largest absolute Gasteiger partial charge is 0.508 e. The average Bonchev–Trinajstić information content (AvgIpc) is 3.07. The molecule has 2 N–H and O–H groups in total. The SMILES string of the molecule is CCN1CC[C@]2(c3cccc(O)c3)Cc3[nH]c(C(=O)N(CC)CC)c(C)c3C[C@@H]2C1. The Kier molecular flexibility index (Phi) is 5.67. The monoisotopic (exact) mass is 409 g/mol. The summed E-state index contributed by atoms with van der Waals surface area (Å²) in [6.45, 7) is 13.1. The topological polar surface area (TPSA) is 59.6 Å². The average molecular weight is 410 g/mol. The molecule has 5 nitrogen and oxygen atoms in total. The molecule has 1 aliphatic carbocycles. The molecule has 0 radical (unpaired) electrons. The van der Waals surface area contributed by atoms with Gasteiger partial charge in [-0.2, -0.15) is 0 Å². The van der Waals surface area contributed by atoms with Crippen molar-refractivity contribution in [3.05, 3.63) is 52.3 Å². The molecule has 0 bridgehead atoms. The van der Waals surface area contributed by atoms with Crippen LogP contribution in [0.25, 0.3) is 0 Å². The van der Waals surface area contributed by atoms with Gasteiger partial charge in [-0.1, -0.05) is 19.1 Å². The minimum atomic E-state index is 0.00419. The second kappa shape index (κ2) is 8.10. The number of benzene rings is 1. The van der Waals surface area contributed by atoms with E-state index in [0.29, 0.717) is 11.7 Å². The van der Waals surface area contributed by atoms with E-state index in [1.165, 1.54) is 16.8 Å². The number of aromatic nitrogens is 1. The van der Waals surface area contributed by atoms with Crippen molar-refractivity contribution in [2.45, 2.75) is 52.4 Å². The summed E-state index contributed by atoms with van der Waals surface area (Å²) >= 11 is 0. The van der Waals surface area contributed by atoms with Crippen molar-refractivity contribution in [1.82, 2.24) is 14.8 Å². The number of H-pyrrole nitrogens is 1. The van der Waals surface area contributed by atoms with Gasteiger partial charge >= 0.3 is 0 Å². The van der Waals surface area contributed by atoms with E-state index in [4.69, 9.17) is 0 Å². The molecule has 2 aromatic rings. The van der Waals surface area contributed by atoms with Crippen molar-refractivity contribution < 1.29 is 9.90 Å². The first-order valence-corrected chi connectivity index (χ1v) is 11.4. The zero-order valence-corrected chi connectivity index (χ0v) is 18.8. The van der Waals surface area contributed by atoms with Gasteiger partial charge < -0.3 is 19.9 Å². The number of nitrogens with zero attached hydrogens (tertiary/aromatic N) is 2. The maximum atomic E-state index is 13.1. The summed E-state index contributed by atoms with van der Waals surface area (Å²) in [5, 5.41) is 10.2. The quantitative estimate of drug-likeness (QED) is 0.788. The predicted molar refractivity (Wildman–Crippen MR) is 120 cm³/mol. The van der Waals surface area contributed by atoms with E-state index in [2.05, 4.69) is 29.8 Å². The molecule has 2 heterocycles. The van der Waals surface area contributed by atoms with Crippen molar-refractivity contribution in [3.63, 3.8) is 0 Å². The van der Waals surface area contributed by atoms with Crippen molar-refractivity contribution in [2.75, 3.05) is 32.7 Å². The molecule has 0 saturated carbocycles. The van der Waals surface area contributed by atoms with Gasteiger partial charge in [0.15, 0.2) is 0 Å². The molecule has 0 unspecified atom stereocenters. The minimum Gasteiger partial charge on any atom is -0.508 e. The van der Waals surface area contributed by atoms with Crippen LogP contribution in [0, 0.1) is 12.8 Å². The molecule has 1 aliphatic heterocycles. The van der Waals surface area contributed by atoms with Crippen LogP contribution in [0.1, 0.15) is 60.1 Å². The van der Waals surface area contributed by atoms with Crippen LogP contribution in [0.5, 0.6) is 5.75 Å². The molecule has 30 heavy (non-hydrogen) atoms. The van der Waals surface area contributed by atoms with Crippen LogP contribution in [0.3, 0.4) is 0 Å². The maximum Gasteiger partial charge on any atom is 0.270 e. The van der Waals surface area contributed by atoms with Crippen LogP contribution < -0.4 is 0 Å². The van der Waals surface area contributed by atoms with Gasteiger partial charge in [-0.3, -0.25) is 4.79 Å². The summed E-state index contributed by atoms with van der Waals surface area (Å²) in [6.07, 6.45) is 2.96. The number of fused-ring (bicyclic) bond motifs is 2. The Labute approximate surface area is 180 Å². The van der Waals surface area contributed by atoms with E-state index in [1.807, 2.05) is 30.9 Å². The van der Waals surface area contributed by atoms with Gasteiger partial charge in [-0.05, 0) is 87.9 Å². The summed E-state index contributed by atoms with van der Waals surface area (Å²) in [4.78, 5) is 21.1. The number of aromatic hydroxyl groups is 1. The van der Waals surface area contributed by atoms with Gasteiger partial charge in [0.05, 0.1) is 0 Å². The number of hydrogen-bond acceptors (Lipinski definition) is 3.